The van der Waals surface area contributed by atoms with Crippen molar-refractivity contribution in [3.63, 3.8) is 0 Å². The molecule has 27 heavy (non-hydrogen) atoms. The van der Waals surface area contributed by atoms with E-state index in [1.54, 1.807) is 19.1 Å². The Morgan fingerprint density at radius 1 is 1.00 bits per heavy atom. The zero-order valence-corrected chi connectivity index (χ0v) is 16.3. The molecule has 2 amide bonds. The van der Waals surface area contributed by atoms with Crippen molar-refractivity contribution >= 4 is 11.8 Å². The predicted octanol–water partition coefficient (Wildman–Crippen LogP) is 3.27. The summed E-state index contributed by atoms with van der Waals surface area (Å²) in [4.78, 5) is 24.4. The van der Waals surface area contributed by atoms with Crippen molar-refractivity contribution in [2.24, 2.45) is 0 Å². The summed E-state index contributed by atoms with van der Waals surface area (Å²) in [5.74, 6) is 5.33. The van der Waals surface area contributed by atoms with Crippen LogP contribution in [-0.2, 0) is 10.2 Å². The summed E-state index contributed by atoms with van der Waals surface area (Å²) in [7, 11) is 0. The third-order valence-corrected chi connectivity index (χ3v) is 4.11. The Balaban J connectivity index is 1.85. The summed E-state index contributed by atoms with van der Waals surface area (Å²) in [6.07, 6.45) is 0. The number of rotatable bonds is 4. The van der Waals surface area contributed by atoms with Gasteiger partial charge in [-0.25, -0.2) is 0 Å². The zero-order valence-electron chi connectivity index (χ0n) is 16.3. The van der Waals surface area contributed by atoms with E-state index in [-0.39, 0.29) is 23.8 Å². The molecule has 2 aromatic rings. The summed E-state index contributed by atoms with van der Waals surface area (Å²) >= 11 is 0. The predicted molar refractivity (Wildman–Crippen MR) is 108 cm³/mol. The van der Waals surface area contributed by atoms with Crippen LogP contribution in [0.4, 0.5) is 0 Å². The minimum absolute atomic E-state index is 0.0307. The van der Waals surface area contributed by atoms with Gasteiger partial charge in [0.25, 0.3) is 5.91 Å². The molecule has 0 fully saturated rings. The highest BCUT2D eigenvalue weighted by Crippen LogP contribution is 2.22. The average Bonchev–Trinajstić information content (AvgIpc) is 2.65. The maximum Gasteiger partial charge on any atom is 0.251 e. The van der Waals surface area contributed by atoms with Gasteiger partial charge in [-0.3, -0.25) is 9.59 Å². The first-order valence-corrected chi connectivity index (χ1v) is 9.00. The van der Waals surface area contributed by atoms with Gasteiger partial charge in [0.15, 0.2) is 0 Å². The van der Waals surface area contributed by atoms with Gasteiger partial charge in [0, 0.05) is 11.1 Å². The Hall–Kier alpha value is -3.06. The fraction of sp³-hybridized carbons (Fsp3) is 0.304. The standard InChI is InChI=1S/C23H26N2O2/c1-17(21(26)24-16-8-11-18-9-6-5-7-10-18)25-22(27)19-12-14-20(15-13-19)23(2,3)4/h5-7,9-10,12-15,17H,16H2,1-4H3,(H,24,26)(H,25,27). The van der Waals surface area contributed by atoms with E-state index in [4.69, 9.17) is 0 Å². The smallest absolute Gasteiger partial charge is 0.251 e. The molecule has 2 N–H and O–H groups in total. The lowest BCUT2D eigenvalue weighted by molar-refractivity contribution is -0.122. The van der Waals surface area contributed by atoms with Crippen molar-refractivity contribution in [1.29, 1.82) is 0 Å². The van der Waals surface area contributed by atoms with Gasteiger partial charge in [0.2, 0.25) is 5.91 Å². The topological polar surface area (TPSA) is 58.2 Å². The summed E-state index contributed by atoms with van der Waals surface area (Å²) in [5, 5.41) is 5.42. The largest absolute Gasteiger partial charge is 0.343 e. The van der Waals surface area contributed by atoms with Gasteiger partial charge in [-0.05, 0) is 42.2 Å². The molecule has 2 aromatic carbocycles. The van der Waals surface area contributed by atoms with Gasteiger partial charge in [0.05, 0.1) is 6.54 Å². The van der Waals surface area contributed by atoms with E-state index >= 15 is 0 Å². The first kappa shape index (κ1) is 20.3. The molecule has 0 aliphatic carbocycles. The maximum absolute atomic E-state index is 12.3. The number of hydrogen-bond acceptors (Lipinski definition) is 2. The lowest BCUT2D eigenvalue weighted by Gasteiger charge is -2.19. The lowest BCUT2D eigenvalue weighted by Crippen LogP contribution is -2.44. The first-order valence-electron chi connectivity index (χ1n) is 9.00. The van der Waals surface area contributed by atoms with Crippen molar-refractivity contribution in [3.8, 4) is 11.8 Å². The van der Waals surface area contributed by atoms with Crippen LogP contribution >= 0.6 is 0 Å². The number of amides is 2. The summed E-state index contributed by atoms with van der Waals surface area (Å²) < 4.78 is 0. The second kappa shape index (κ2) is 9.05. The quantitative estimate of drug-likeness (QED) is 0.820. The molecule has 0 aromatic heterocycles. The molecule has 0 saturated heterocycles. The van der Waals surface area contributed by atoms with Crippen LogP contribution in [0.3, 0.4) is 0 Å². The van der Waals surface area contributed by atoms with E-state index in [1.165, 1.54) is 0 Å². The van der Waals surface area contributed by atoms with E-state index in [0.717, 1.165) is 11.1 Å². The second-order valence-corrected chi connectivity index (χ2v) is 7.41. The monoisotopic (exact) mass is 362 g/mol. The third-order valence-electron chi connectivity index (χ3n) is 4.11. The summed E-state index contributed by atoms with van der Waals surface area (Å²) in [6, 6.07) is 16.4. The highest BCUT2D eigenvalue weighted by Gasteiger charge is 2.17. The molecule has 0 aliphatic rings. The molecule has 0 bridgehead atoms. The Morgan fingerprint density at radius 3 is 2.22 bits per heavy atom. The molecule has 140 valence electrons. The van der Waals surface area contributed by atoms with E-state index in [0.29, 0.717) is 5.56 Å². The molecule has 1 atom stereocenters. The van der Waals surface area contributed by atoms with Crippen LogP contribution in [0.1, 0.15) is 49.2 Å². The first-order chi connectivity index (χ1) is 12.8. The van der Waals surface area contributed by atoms with Crippen molar-refractivity contribution < 1.29 is 9.59 Å². The normalized spacial score (nSPS) is 11.7. The highest BCUT2D eigenvalue weighted by molar-refractivity contribution is 5.97. The molecular formula is C23H26N2O2. The Morgan fingerprint density at radius 2 is 1.63 bits per heavy atom. The van der Waals surface area contributed by atoms with Crippen LogP contribution in [0.2, 0.25) is 0 Å². The number of carbonyl (C=O) groups is 2. The molecule has 2 rings (SSSR count). The number of hydrogen-bond donors (Lipinski definition) is 2. The summed E-state index contributed by atoms with van der Waals surface area (Å²) in [6.45, 7) is 8.25. The molecule has 0 radical (unpaired) electrons. The van der Waals surface area contributed by atoms with Gasteiger partial charge < -0.3 is 10.6 Å². The van der Waals surface area contributed by atoms with Crippen LogP contribution in [0.25, 0.3) is 0 Å². The molecule has 0 spiro atoms. The van der Waals surface area contributed by atoms with Crippen LogP contribution in [-0.4, -0.2) is 24.4 Å². The van der Waals surface area contributed by atoms with E-state index in [2.05, 4.69) is 43.2 Å². The summed E-state index contributed by atoms with van der Waals surface area (Å²) in [5.41, 5.74) is 2.61. The molecule has 4 nitrogen and oxygen atoms in total. The molecule has 1 unspecified atom stereocenters. The Bertz CT molecular complexity index is 838. The molecule has 0 saturated carbocycles. The van der Waals surface area contributed by atoms with Crippen LogP contribution in [0.5, 0.6) is 0 Å². The van der Waals surface area contributed by atoms with E-state index < -0.39 is 6.04 Å². The van der Waals surface area contributed by atoms with Gasteiger partial charge in [-0.2, -0.15) is 0 Å². The maximum atomic E-state index is 12.3. The fourth-order valence-corrected chi connectivity index (χ4v) is 2.42. The van der Waals surface area contributed by atoms with Gasteiger partial charge >= 0.3 is 0 Å². The van der Waals surface area contributed by atoms with E-state index in [9.17, 15) is 9.59 Å². The highest BCUT2D eigenvalue weighted by atomic mass is 16.2. The van der Waals surface area contributed by atoms with Crippen molar-refractivity contribution in [1.82, 2.24) is 10.6 Å². The number of nitrogens with one attached hydrogen (secondary N) is 2. The van der Waals surface area contributed by atoms with E-state index in [1.807, 2.05) is 42.5 Å². The molecule has 0 heterocycles. The van der Waals surface area contributed by atoms with Crippen LogP contribution in [0, 0.1) is 11.8 Å². The third kappa shape index (κ3) is 6.31. The Kier molecular flexibility index (Phi) is 6.79. The van der Waals surface area contributed by atoms with Crippen LogP contribution in [0.15, 0.2) is 54.6 Å². The molecule has 0 aliphatic heterocycles. The fourth-order valence-electron chi connectivity index (χ4n) is 2.42. The molecular weight excluding hydrogens is 336 g/mol. The SMILES string of the molecule is CC(NC(=O)c1ccc(C(C)(C)C)cc1)C(=O)NCC#Cc1ccccc1. The van der Waals surface area contributed by atoms with Crippen molar-refractivity contribution in [2.75, 3.05) is 6.54 Å². The zero-order chi connectivity index (χ0) is 19.9. The van der Waals surface area contributed by atoms with Crippen molar-refractivity contribution in [3.05, 3.63) is 71.3 Å². The second-order valence-electron chi connectivity index (χ2n) is 7.41. The van der Waals surface area contributed by atoms with Gasteiger partial charge in [-0.15, -0.1) is 0 Å². The van der Waals surface area contributed by atoms with Crippen molar-refractivity contribution in [2.45, 2.75) is 39.2 Å². The minimum atomic E-state index is -0.640. The lowest BCUT2D eigenvalue weighted by atomic mass is 9.86. The van der Waals surface area contributed by atoms with Gasteiger partial charge in [0.1, 0.15) is 6.04 Å². The minimum Gasteiger partial charge on any atom is -0.343 e. The number of carbonyl (C=O) groups excluding carboxylic acids is 2. The van der Waals surface area contributed by atoms with Crippen LogP contribution < -0.4 is 10.6 Å². The number of benzene rings is 2. The molecule has 4 heteroatoms. The average molecular weight is 362 g/mol. The van der Waals surface area contributed by atoms with Gasteiger partial charge in [-0.1, -0.05) is 62.9 Å². The Labute approximate surface area is 161 Å².